The van der Waals surface area contributed by atoms with Crippen LogP contribution in [-0.2, 0) is 0 Å². The highest BCUT2D eigenvalue weighted by Crippen LogP contribution is 2.37. The first-order chi connectivity index (χ1) is 11.3. The second-order valence-corrected chi connectivity index (χ2v) is 4.71. The molecule has 2 heteroatoms. The second kappa shape index (κ2) is 3.59. The van der Waals surface area contributed by atoms with Crippen molar-refractivity contribution in [2.75, 3.05) is 0 Å². The van der Waals surface area contributed by atoms with Crippen molar-refractivity contribution in [2.45, 2.75) is 0 Å². The van der Waals surface area contributed by atoms with Crippen LogP contribution in [0.5, 0.6) is 0 Å². The lowest BCUT2D eigenvalue weighted by atomic mass is 10.1. The van der Waals surface area contributed by atoms with Gasteiger partial charge in [-0.3, -0.25) is 0 Å². The van der Waals surface area contributed by atoms with Gasteiger partial charge < -0.3 is 4.42 Å². The average Bonchev–Trinajstić information content (AvgIpc) is 2.92. The maximum Gasteiger partial charge on any atom is 0.143 e. The van der Waals surface area contributed by atoms with E-state index in [1.54, 1.807) is 6.07 Å². The van der Waals surface area contributed by atoms with Crippen LogP contribution >= 0.6 is 15.9 Å². The van der Waals surface area contributed by atoms with Crippen LogP contribution in [0.1, 0.15) is 8.22 Å². The summed E-state index contributed by atoms with van der Waals surface area (Å²) < 4.78 is 54.3. The molecule has 0 N–H and O–H groups in total. The summed E-state index contributed by atoms with van der Waals surface area (Å²) in [4.78, 5) is 0. The van der Waals surface area contributed by atoms with Crippen LogP contribution in [0, 0.1) is 0 Å². The zero-order valence-electron chi connectivity index (χ0n) is 15.0. The van der Waals surface area contributed by atoms with Gasteiger partial charge in [-0.05, 0) is 23.5 Å². The van der Waals surface area contributed by atoms with Crippen molar-refractivity contribution in [3.8, 4) is 0 Å². The van der Waals surface area contributed by atoms with Crippen molar-refractivity contribution in [2.24, 2.45) is 0 Å². The molecule has 0 atom stereocenters. The number of fused-ring (bicyclic) bond motifs is 5. The van der Waals surface area contributed by atoms with E-state index in [0.29, 0.717) is 31.8 Å². The maximum absolute atomic E-state index is 8.34. The Morgan fingerprint density at radius 1 is 1.00 bits per heavy atom. The number of furan rings is 1. The van der Waals surface area contributed by atoms with Crippen LogP contribution in [0.15, 0.2) is 63.3 Å². The third-order valence-corrected chi connectivity index (χ3v) is 3.49. The molecule has 1 heterocycles. The Bertz CT molecular complexity index is 1180. The fourth-order valence-corrected chi connectivity index (χ4v) is 2.62. The van der Waals surface area contributed by atoms with E-state index in [2.05, 4.69) is 15.9 Å². The molecule has 86 valence electrons. The maximum atomic E-state index is 8.34. The molecule has 0 unspecified atom stereocenters. The van der Waals surface area contributed by atoms with Crippen molar-refractivity contribution >= 4 is 48.6 Å². The first-order valence-electron chi connectivity index (χ1n) is 8.34. The van der Waals surface area contributed by atoms with Gasteiger partial charge in [-0.15, -0.1) is 0 Å². The molecule has 0 aliphatic carbocycles. The fourth-order valence-electron chi connectivity index (χ4n) is 2.11. The predicted molar refractivity (Wildman–Crippen MR) is 78.9 cm³/mol. The SMILES string of the molecule is [2H]c1cc2oc3c4ccc([2H])c([2H])c4c([2H])c([2H])c3c2c(Br)c1[2H]. The summed E-state index contributed by atoms with van der Waals surface area (Å²) in [5.74, 6) is 0. The molecule has 4 aromatic rings. The highest BCUT2D eigenvalue weighted by atomic mass is 79.9. The van der Waals surface area contributed by atoms with Crippen molar-refractivity contribution in [3.05, 3.63) is 58.9 Å². The largest absolute Gasteiger partial charge is 0.455 e. The Kier molecular flexibility index (Phi) is 1.18. The summed E-state index contributed by atoms with van der Waals surface area (Å²) in [6.07, 6.45) is 0. The summed E-state index contributed by atoms with van der Waals surface area (Å²) in [6.45, 7) is 0. The van der Waals surface area contributed by atoms with E-state index in [1.807, 2.05) is 0 Å². The molecule has 0 spiro atoms. The highest BCUT2D eigenvalue weighted by molar-refractivity contribution is 9.10. The molecule has 1 nitrogen and oxygen atoms in total. The standard InChI is InChI=1S/C16H9BrO/c17-13-6-3-7-14-15(13)12-9-8-10-4-1-2-5-11(10)16(12)18-14/h1-9H/i1D,3D,4D,6D,8D,9D. The summed E-state index contributed by atoms with van der Waals surface area (Å²) in [6, 6.07) is 4.06. The Balaban J connectivity index is 2.38. The van der Waals surface area contributed by atoms with E-state index in [4.69, 9.17) is 12.6 Å². The van der Waals surface area contributed by atoms with Crippen LogP contribution in [0.25, 0.3) is 32.7 Å². The van der Waals surface area contributed by atoms with E-state index >= 15 is 0 Å². The molecule has 0 fully saturated rings. The Labute approximate surface area is 121 Å². The van der Waals surface area contributed by atoms with Crippen LogP contribution < -0.4 is 0 Å². The van der Waals surface area contributed by atoms with Gasteiger partial charge in [0.2, 0.25) is 0 Å². The molecular weight excluding hydrogens is 288 g/mol. The topological polar surface area (TPSA) is 13.1 Å². The molecule has 0 radical (unpaired) electrons. The minimum atomic E-state index is -0.146. The zero-order valence-corrected chi connectivity index (χ0v) is 10.6. The molecule has 1 aromatic heterocycles. The number of halogens is 1. The van der Waals surface area contributed by atoms with Gasteiger partial charge in [0, 0.05) is 20.6 Å². The van der Waals surface area contributed by atoms with Crippen molar-refractivity contribution < 1.29 is 12.6 Å². The van der Waals surface area contributed by atoms with Gasteiger partial charge in [0.05, 0.1) is 8.22 Å². The van der Waals surface area contributed by atoms with Crippen LogP contribution in [0.3, 0.4) is 0 Å². The number of hydrogen-bond acceptors (Lipinski definition) is 1. The van der Waals surface area contributed by atoms with E-state index in [1.165, 1.54) is 12.1 Å². The summed E-state index contributed by atoms with van der Waals surface area (Å²) in [7, 11) is 0. The quantitative estimate of drug-likeness (QED) is 0.418. The highest BCUT2D eigenvalue weighted by Gasteiger charge is 2.11. The van der Waals surface area contributed by atoms with E-state index < -0.39 is 0 Å². The minimum absolute atomic E-state index is 0.00927. The third-order valence-electron chi connectivity index (χ3n) is 2.90. The molecule has 0 amide bonds. The molecule has 0 bridgehead atoms. The number of rotatable bonds is 0. The van der Waals surface area contributed by atoms with Gasteiger partial charge in [0.25, 0.3) is 0 Å². The Hall–Kier alpha value is -1.80. The molecule has 0 aliphatic rings. The second-order valence-electron chi connectivity index (χ2n) is 3.91. The van der Waals surface area contributed by atoms with Gasteiger partial charge >= 0.3 is 0 Å². The Morgan fingerprint density at radius 3 is 2.89 bits per heavy atom. The number of hydrogen-bond donors (Lipinski definition) is 0. The van der Waals surface area contributed by atoms with E-state index in [0.717, 1.165) is 0 Å². The van der Waals surface area contributed by atoms with Gasteiger partial charge in [-0.2, -0.15) is 0 Å². The zero-order chi connectivity index (χ0) is 17.3. The van der Waals surface area contributed by atoms with Gasteiger partial charge in [0.1, 0.15) is 11.2 Å². The van der Waals surface area contributed by atoms with Crippen LogP contribution in [0.4, 0.5) is 0 Å². The molecule has 0 saturated carbocycles. The first-order valence-corrected chi connectivity index (χ1v) is 6.13. The summed E-state index contributed by atoms with van der Waals surface area (Å²) in [5.41, 5.74) is 0.681. The van der Waals surface area contributed by atoms with Crippen LogP contribution in [0.2, 0.25) is 0 Å². The fraction of sp³-hybridized carbons (Fsp3) is 0. The lowest BCUT2D eigenvalue weighted by molar-refractivity contribution is 0.672. The number of benzene rings is 3. The van der Waals surface area contributed by atoms with Crippen molar-refractivity contribution in [1.29, 1.82) is 0 Å². The molecule has 18 heavy (non-hydrogen) atoms. The molecule has 4 rings (SSSR count). The van der Waals surface area contributed by atoms with Crippen molar-refractivity contribution in [1.82, 2.24) is 0 Å². The van der Waals surface area contributed by atoms with Gasteiger partial charge in [-0.1, -0.05) is 52.2 Å². The minimum Gasteiger partial charge on any atom is -0.455 e. The first kappa shape index (κ1) is 5.89. The van der Waals surface area contributed by atoms with Gasteiger partial charge in [0.15, 0.2) is 0 Å². The lowest BCUT2D eigenvalue weighted by Gasteiger charge is -1.97. The van der Waals surface area contributed by atoms with Crippen LogP contribution in [-0.4, -0.2) is 0 Å². The normalized spacial score (nSPS) is 16.3. The summed E-state index contributed by atoms with van der Waals surface area (Å²) >= 11 is 3.30. The van der Waals surface area contributed by atoms with Gasteiger partial charge in [-0.25, -0.2) is 0 Å². The molecule has 0 saturated heterocycles. The molecule has 3 aromatic carbocycles. The van der Waals surface area contributed by atoms with Crippen molar-refractivity contribution in [3.63, 3.8) is 0 Å². The summed E-state index contributed by atoms with van der Waals surface area (Å²) in [5, 5.41) is 1.54. The lowest BCUT2D eigenvalue weighted by Crippen LogP contribution is -1.73. The monoisotopic (exact) mass is 302 g/mol. The van der Waals surface area contributed by atoms with E-state index in [-0.39, 0.29) is 41.6 Å². The average molecular weight is 303 g/mol. The third kappa shape index (κ3) is 1.27. The molecular formula is C16H9BrO. The smallest absolute Gasteiger partial charge is 0.143 e. The Morgan fingerprint density at radius 2 is 1.94 bits per heavy atom. The molecule has 0 aliphatic heterocycles. The predicted octanol–water partition coefficient (Wildman–Crippen LogP) is 5.50. The van der Waals surface area contributed by atoms with E-state index in [9.17, 15) is 0 Å².